The molecule has 0 aliphatic heterocycles. The van der Waals surface area contributed by atoms with Crippen LogP contribution in [0.5, 0.6) is 0 Å². The predicted octanol–water partition coefficient (Wildman–Crippen LogP) is 5.15. The molecule has 0 aliphatic rings. The molecule has 7 nitrogen and oxygen atoms in total. The van der Waals surface area contributed by atoms with E-state index in [1.807, 2.05) is 60.0 Å². The largest absolute Gasteiger partial charge is 0.310 e. The molecule has 0 radical (unpaired) electrons. The van der Waals surface area contributed by atoms with Gasteiger partial charge in [-0.3, -0.25) is 14.6 Å². The van der Waals surface area contributed by atoms with Crippen molar-refractivity contribution in [1.82, 2.24) is 19.7 Å². The van der Waals surface area contributed by atoms with Crippen LogP contribution in [0.4, 0.5) is 5.82 Å². The Morgan fingerprint density at radius 3 is 2.43 bits per heavy atom. The number of H-pyrrole nitrogens is 1. The van der Waals surface area contributed by atoms with E-state index in [-0.39, 0.29) is 23.8 Å². The lowest BCUT2D eigenvalue weighted by Crippen LogP contribution is -2.21. The number of aryl methyl sites for hydroxylation is 1. The molecule has 0 atom stereocenters. The Balaban J connectivity index is 1.41. The first-order chi connectivity index (χ1) is 17.0. The van der Waals surface area contributed by atoms with Gasteiger partial charge in [-0.05, 0) is 42.0 Å². The number of hydrogen-bond donors (Lipinski definition) is 2. The maximum absolute atomic E-state index is 13.0. The van der Waals surface area contributed by atoms with E-state index in [0.717, 1.165) is 21.6 Å². The third-order valence-corrected chi connectivity index (χ3v) is 6.65. The zero-order valence-corrected chi connectivity index (χ0v) is 20.1. The van der Waals surface area contributed by atoms with Gasteiger partial charge in [0.1, 0.15) is 11.5 Å². The van der Waals surface area contributed by atoms with Gasteiger partial charge >= 0.3 is 0 Å². The zero-order chi connectivity index (χ0) is 24.4. The van der Waals surface area contributed by atoms with Crippen LogP contribution < -0.4 is 10.9 Å². The summed E-state index contributed by atoms with van der Waals surface area (Å²) in [5, 5.41) is 9.52. The predicted molar refractivity (Wildman–Crippen MR) is 139 cm³/mol. The van der Waals surface area contributed by atoms with E-state index in [0.29, 0.717) is 22.8 Å². The Kier molecular flexibility index (Phi) is 6.12. The summed E-state index contributed by atoms with van der Waals surface area (Å²) in [4.78, 5) is 33.5. The van der Waals surface area contributed by atoms with Gasteiger partial charge in [0.2, 0.25) is 11.9 Å². The van der Waals surface area contributed by atoms with Crippen molar-refractivity contribution >= 4 is 23.1 Å². The SMILES string of the molecule is Cc1nc(-n2nc(-c3cccs3)cc2NC(=O)Cc2ccc(-c3ccccc3)cc2)[nH]c(=O)c1C. The van der Waals surface area contributed by atoms with Crippen LogP contribution in [0.15, 0.2) is 83.0 Å². The van der Waals surface area contributed by atoms with Crippen molar-refractivity contribution in [1.29, 1.82) is 0 Å². The number of amides is 1. The van der Waals surface area contributed by atoms with Gasteiger partial charge in [-0.25, -0.2) is 4.98 Å². The van der Waals surface area contributed by atoms with Crippen molar-refractivity contribution in [3.63, 3.8) is 0 Å². The molecule has 3 aromatic heterocycles. The first kappa shape index (κ1) is 22.5. The Bertz CT molecular complexity index is 1540. The molecule has 0 bridgehead atoms. The number of carbonyl (C=O) groups excluding carboxylic acids is 1. The second kappa shape index (κ2) is 9.52. The van der Waals surface area contributed by atoms with E-state index in [1.165, 1.54) is 4.68 Å². The van der Waals surface area contributed by atoms with E-state index < -0.39 is 0 Å². The minimum atomic E-state index is -0.239. The fraction of sp³-hybridized carbons (Fsp3) is 0.111. The van der Waals surface area contributed by atoms with Crippen molar-refractivity contribution in [2.45, 2.75) is 20.3 Å². The summed E-state index contributed by atoms with van der Waals surface area (Å²) >= 11 is 1.54. The molecule has 2 aromatic carbocycles. The summed E-state index contributed by atoms with van der Waals surface area (Å²) in [5.74, 6) is 0.497. The van der Waals surface area contributed by atoms with Crippen LogP contribution in [-0.4, -0.2) is 25.7 Å². The number of aromatic nitrogens is 4. The third kappa shape index (κ3) is 4.83. The third-order valence-electron chi connectivity index (χ3n) is 5.76. The fourth-order valence-electron chi connectivity index (χ4n) is 3.72. The number of anilines is 1. The molecule has 5 rings (SSSR count). The average molecular weight is 482 g/mol. The van der Waals surface area contributed by atoms with Gasteiger partial charge in [0.05, 0.1) is 11.3 Å². The van der Waals surface area contributed by atoms with E-state index in [4.69, 9.17) is 0 Å². The summed E-state index contributed by atoms with van der Waals surface area (Å²) in [6, 6.07) is 23.7. The minimum absolute atomic E-state index is 0.192. The van der Waals surface area contributed by atoms with Gasteiger partial charge < -0.3 is 5.32 Å². The minimum Gasteiger partial charge on any atom is -0.310 e. The van der Waals surface area contributed by atoms with Gasteiger partial charge in [-0.1, -0.05) is 60.7 Å². The van der Waals surface area contributed by atoms with Crippen molar-refractivity contribution in [2.75, 3.05) is 5.32 Å². The molecule has 35 heavy (non-hydrogen) atoms. The highest BCUT2D eigenvalue weighted by molar-refractivity contribution is 7.13. The number of carbonyl (C=O) groups is 1. The lowest BCUT2D eigenvalue weighted by molar-refractivity contribution is -0.115. The van der Waals surface area contributed by atoms with E-state index >= 15 is 0 Å². The maximum atomic E-state index is 13.0. The average Bonchev–Trinajstić information content (AvgIpc) is 3.54. The Hall–Kier alpha value is -4.30. The highest BCUT2D eigenvalue weighted by Gasteiger charge is 2.17. The summed E-state index contributed by atoms with van der Waals surface area (Å²) in [6.07, 6.45) is 0.200. The van der Waals surface area contributed by atoms with Crippen molar-refractivity contribution < 1.29 is 4.79 Å². The standard InChI is InChI=1S/C27H23N5O2S/c1-17-18(2)28-27(30-26(17)34)32-24(16-22(31-32)23-9-6-14-35-23)29-25(33)15-19-10-12-21(13-11-19)20-7-4-3-5-8-20/h3-14,16H,15H2,1-2H3,(H,29,33)(H,28,30,34). The number of nitrogens with zero attached hydrogens (tertiary/aromatic N) is 3. The molecule has 2 N–H and O–H groups in total. The van der Waals surface area contributed by atoms with Crippen LogP contribution in [0.2, 0.25) is 0 Å². The Morgan fingerprint density at radius 2 is 1.74 bits per heavy atom. The van der Waals surface area contributed by atoms with Gasteiger partial charge in [-0.2, -0.15) is 9.78 Å². The van der Waals surface area contributed by atoms with Crippen LogP contribution >= 0.6 is 11.3 Å². The van der Waals surface area contributed by atoms with Gasteiger partial charge in [0, 0.05) is 17.3 Å². The van der Waals surface area contributed by atoms with Crippen LogP contribution in [0.1, 0.15) is 16.8 Å². The van der Waals surface area contributed by atoms with Crippen LogP contribution in [0, 0.1) is 13.8 Å². The molecule has 0 saturated carbocycles. The molecule has 0 unspecified atom stereocenters. The molecular formula is C27H23N5O2S. The van der Waals surface area contributed by atoms with Crippen LogP contribution in [0.3, 0.4) is 0 Å². The van der Waals surface area contributed by atoms with Crippen LogP contribution in [0.25, 0.3) is 27.6 Å². The summed E-state index contributed by atoms with van der Waals surface area (Å²) in [5.41, 5.74) is 4.71. The molecule has 3 heterocycles. The first-order valence-electron chi connectivity index (χ1n) is 11.1. The van der Waals surface area contributed by atoms with Gasteiger partial charge in [0.25, 0.3) is 5.56 Å². The molecule has 1 amide bonds. The molecule has 0 spiro atoms. The Morgan fingerprint density at radius 1 is 1.00 bits per heavy atom. The number of hydrogen-bond acceptors (Lipinski definition) is 5. The van der Waals surface area contributed by atoms with Gasteiger partial charge in [0.15, 0.2) is 0 Å². The number of nitrogens with one attached hydrogen (secondary N) is 2. The van der Waals surface area contributed by atoms with E-state index in [1.54, 1.807) is 31.3 Å². The first-order valence-corrected chi connectivity index (χ1v) is 12.0. The zero-order valence-electron chi connectivity index (χ0n) is 19.3. The molecule has 174 valence electrons. The topological polar surface area (TPSA) is 92.7 Å². The molecule has 8 heteroatoms. The molecular weight excluding hydrogens is 458 g/mol. The molecule has 0 saturated heterocycles. The lowest BCUT2D eigenvalue weighted by Gasteiger charge is -2.10. The van der Waals surface area contributed by atoms with Crippen molar-refractivity contribution in [2.24, 2.45) is 0 Å². The quantitative estimate of drug-likeness (QED) is 0.351. The normalized spacial score (nSPS) is 10.9. The highest BCUT2D eigenvalue weighted by Crippen LogP contribution is 2.27. The number of rotatable bonds is 6. The van der Waals surface area contributed by atoms with E-state index in [9.17, 15) is 9.59 Å². The van der Waals surface area contributed by atoms with Crippen molar-refractivity contribution in [3.8, 4) is 27.6 Å². The second-order valence-corrected chi connectivity index (χ2v) is 9.14. The fourth-order valence-corrected chi connectivity index (χ4v) is 4.41. The molecule has 0 fully saturated rings. The second-order valence-electron chi connectivity index (χ2n) is 8.19. The highest BCUT2D eigenvalue weighted by atomic mass is 32.1. The van der Waals surface area contributed by atoms with Gasteiger partial charge in [-0.15, -0.1) is 11.3 Å². The Labute approximate surface area is 206 Å². The smallest absolute Gasteiger partial charge is 0.255 e. The maximum Gasteiger partial charge on any atom is 0.255 e. The lowest BCUT2D eigenvalue weighted by atomic mass is 10.0. The summed E-state index contributed by atoms with van der Waals surface area (Å²) < 4.78 is 1.47. The summed E-state index contributed by atoms with van der Waals surface area (Å²) in [7, 11) is 0. The molecule has 5 aromatic rings. The molecule has 0 aliphatic carbocycles. The van der Waals surface area contributed by atoms with Crippen molar-refractivity contribution in [3.05, 3.63) is 105 Å². The number of aromatic amines is 1. The summed E-state index contributed by atoms with van der Waals surface area (Å²) in [6.45, 7) is 3.49. The van der Waals surface area contributed by atoms with E-state index in [2.05, 4.69) is 32.5 Å². The number of benzene rings is 2. The van der Waals surface area contributed by atoms with Crippen LogP contribution in [-0.2, 0) is 11.2 Å². The monoisotopic (exact) mass is 481 g/mol. The number of thiophene rings is 1.